The van der Waals surface area contributed by atoms with Crippen LogP contribution in [0.5, 0.6) is 5.75 Å². The lowest BCUT2D eigenvalue weighted by Gasteiger charge is -2.08. The summed E-state index contributed by atoms with van der Waals surface area (Å²) in [4.78, 5) is 4.30. The molecule has 4 heteroatoms. The van der Waals surface area contributed by atoms with Crippen LogP contribution in [0.1, 0.15) is 19.5 Å². The van der Waals surface area contributed by atoms with E-state index in [4.69, 9.17) is 4.74 Å². The van der Waals surface area contributed by atoms with E-state index in [9.17, 15) is 0 Å². The molecule has 0 saturated heterocycles. The van der Waals surface area contributed by atoms with Crippen molar-refractivity contribution in [3.05, 3.63) is 35.1 Å². The highest BCUT2D eigenvalue weighted by atomic mass is 79.9. The van der Waals surface area contributed by atoms with Crippen molar-refractivity contribution in [3.8, 4) is 5.75 Å². The van der Waals surface area contributed by atoms with Crippen LogP contribution in [0, 0.1) is 0 Å². The second kappa shape index (κ2) is 6.66. The second-order valence-corrected chi connectivity index (χ2v) is 4.95. The monoisotopic (exact) mass is 284 g/mol. The Morgan fingerprint density at radius 3 is 2.81 bits per heavy atom. The Hall–Kier alpha value is -0.870. The molecule has 1 aromatic heterocycles. The van der Waals surface area contributed by atoms with Crippen molar-refractivity contribution < 1.29 is 4.74 Å². The molecule has 1 aromatic rings. The van der Waals surface area contributed by atoms with E-state index in [0.29, 0.717) is 12.6 Å². The van der Waals surface area contributed by atoms with Gasteiger partial charge in [0.15, 0.2) is 0 Å². The van der Waals surface area contributed by atoms with E-state index >= 15 is 0 Å². The molecule has 0 bridgehead atoms. The van der Waals surface area contributed by atoms with E-state index in [2.05, 4.69) is 46.7 Å². The fraction of sp³-hybridized carbons (Fsp3) is 0.417. The van der Waals surface area contributed by atoms with Gasteiger partial charge in [-0.15, -0.1) is 0 Å². The fourth-order valence-corrected chi connectivity index (χ4v) is 1.19. The highest BCUT2D eigenvalue weighted by molar-refractivity contribution is 9.11. The van der Waals surface area contributed by atoms with E-state index in [1.54, 1.807) is 6.20 Å². The summed E-state index contributed by atoms with van der Waals surface area (Å²) < 4.78 is 6.24. The van der Waals surface area contributed by atoms with Crippen molar-refractivity contribution in [2.45, 2.75) is 26.4 Å². The molecule has 1 N–H and O–H groups in total. The average molecular weight is 285 g/mol. The number of halogens is 1. The van der Waals surface area contributed by atoms with Crippen LogP contribution in [0.15, 0.2) is 29.4 Å². The molecule has 88 valence electrons. The third kappa shape index (κ3) is 5.28. The zero-order valence-corrected chi connectivity index (χ0v) is 11.3. The Morgan fingerprint density at radius 1 is 1.56 bits per heavy atom. The summed E-state index contributed by atoms with van der Waals surface area (Å²) in [6.07, 6.45) is 1.73. The molecule has 16 heavy (non-hydrogen) atoms. The van der Waals surface area contributed by atoms with Crippen molar-refractivity contribution in [3.63, 3.8) is 0 Å². The average Bonchev–Trinajstić information content (AvgIpc) is 2.25. The Morgan fingerprint density at radius 2 is 2.31 bits per heavy atom. The molecular weight excluding hydrogens is 268 g/mol. The molecule has 0 aromatic carbocycles. The summed E-state index contributed by atoms with van der Waals surface area (Å²) in [7, 11) is 0. The van der Waals surface area contributed by atoms with Gasteiger partial charge in [0.25, 0.3) is 0 Å². The molecule has 1 rings (SSSR count). The van der Waals surface area contributed by atoms with Gasteiger partial charge in [0.1, 0.15) is 12.4 Å². The van der Waals surface area contributed by atoms with Crippen LogP contribution in [-0.2, 0) is 6.54 Å². The number of aromatic nitrogens is 1. The van der Waals surface area contributed by atoms with E-state index < -0.39 is 0 Å². The summed E-state index contributed by atoms with van der Waals surface area (Å²) in [6.45, 7) is 9.16. The molecule has 0 aliphatic rings. The fourth-order valence-electron chi connectivity index (χ4n) is 1.07. The van der Waals surface area contributed by atoms with Crippen LogP contribution in [0.4, 0.5) is 0 Å². The van der Waals surface area contributed by atoms with Gasteiger partial charge in [0.05, 0.1) is 11.9 Å². The first-order valence-corrected chi connectivity index (χ1v) is 6.01. The lowest BCUT2D eigenvalue weighted by atomic mass is 10.3. The standard InChI is InChI=1S/C12H17BrN2O/c1-9(2)14-6-11-4-5-12(7-15-11)16-8-10(3)13/h4-5,7,9,14H,3,6,8H2,1-2H3. The summed E-state index contributed by atoms with van der Waals surface area (Å²) in [5.74, 6) is 0.758. The Balaban J connectivity index is 2.44. The molecule has 0 radical (unpaired) electrons. The topological polar surface area (TPSA) is 34.1 Å². The first kappa shape index (κ1) is 13.2. The lowest BCUT2D eigenvalue weighted by molar-refractivity contribution is 0.359. The summed E-state index contributed by atoms with van der Waals surface area (Å²) in [5, 5.41) is 3.31. The Labute approximate surface area is 105 Å². The van der Waals surface area contributed by atoms with Crippen LogP contribution in [0.3, 0.4) is 0 Å². The normalized spacial score (nSPS) is 10.5. The predicted molar refractivity (Wildman–Crippen MR) is 69.8 cm³/mol. The minimum atomic E-state index is 0.464. The Kier molecular flexibility index (Phi) is 5.49. The summed E-state index contributed by atoms with van der Waals surface area (Å²) in [5.41, 5.74) is 1.01. The highest BCUT2D eigenvalue weighted by Crippen LogP contribution is 2.11. The number of nitrogens with one attached hydrogen (secondary N) is 1. The van der Waals surface area contributed by atoms with Crippen LogP contribution < -0.4 is 10.1 Å². The molecule has 0 fully saturated rings. The van der Waals surface area contributed by atoms with Gasteiger partial charge >= 0.3 is 0 Å². The molecule has 0 spiro atoms. The maximum absolute atomic E-state index is 5.42. The first-order chi connectivity index (χ1) is 7.58. The van der Waals surface area contributed by atoms with Crippen LogP contribution >= 0.6 is 15.9 Å². The molecule has 1 heterocycles. The zero-order valence-electron chi connectivity index (χ0n) is 9.66. The molecule has 0 aliphatic heterocycles. The zero-order chi connectivity index (χ0) is 12.0. The number of nitrogens with zero attached hydrogens (tertiary/aromatic N) is 1. The molecule has 0 unspecified atom stereocenters. The highest BCUT2D eigenvalue weighted by Gasteiger charge is 1.98. The van der Waals surface area contributed by atoms with Crippen LogP contribution in [0.2, 0.25) is 0 Å². The van der Waals surface area contributed by atoms with Gasteiger partial charge in [-0.25, -0.2) is 0 Å². The summed E-state index contributed by atoms with van der Waals surface area (Å²) in [6, 6.07) is 4.34. The van der Waals surface area contributed by atoms with E-state index in [1.807, 2.05) is 12.1 Å². The van der Waals surface area contributed by atoms with Gasteiger partial charge in [-0.05, 0) is 12.1 Å². The molecule has 0 atom stereocenters. The van der Waals surface area contributed by atoms with Gasteiger partial charge in [0, 0.05) is 17.1 Å². The Bertz CT molecular complexity index is 335. The maximum atomic E-state index is 5.42. The van der Waals surface area contributed by atoms with Crippen molar-refractivity contribution in [2.24, 2.45) is 0 Å². The number of hydrogen-bond acceptors (Lipinski definition) is 3. The van der Waals surface area contributed by atoms with Gasteiger partial charge < -0.3 is 10.1 Å². The maximum Gasteiger partial charge on any atom is 0.138 e. The third-order valence-corrected chi connectivity index (χ3v) is 2.11. The van der Waals surface area contributed by atoms with E-state index in [-0.39, 0.29) is 0 Å². The number of pyridine rings is 1. The van der Waals surface area contributed by atoms with Crippen molar-refractivity contribution in [1.29, 1.82) is 0 Å². The summed E-state index contributed by atoms with van der Waals surface area (Å²) >= 11 is 3.24. The SMILES string of the molecule is C=C(Br)COc1ccc(CNC(C)C)nc1. The van der Waals surface area contributed by atoms with Gasteiger partial charge in [-0.2, -0.15) is 0 Å². The van der Waals surface area contributed by atoms with E-state index in [0.717, 1.165) is 22.5 Å². The molecule has 3 nitrogen and oxygen atoms in total. The predicted octanol–water partition coefficient (Wildman–Crippen LogP) is 2.87. The number of ether oxygens (including phenoxy) is 1. The van der Waals surface area contributed by atoms with Crippen LogP contribution in [0.25, 0.3) is 0 Å². The molecule has 0 saturated carbocycles. The molecule has 0 aliphatic carbocycles. The van der Waals surface area contributed by atoms with Crippen molar-refractivity contribution >= 4 is 15.9 Å². The van der Waals surface area contributed by atoms with Gasteiger partial charge in [0.2, 0.25) is 0 Å². The second-order valence-electron chi connectivity index (χ2n) is 3.83. The quantitative estimate of drug-likeness (QED) is 0.872. The smallest absolute Gasteiger partial charge is 0.138 e. The molecule has 0 amide bonds. The van der Waals surface area contributed by atoms with Crippen molar-refractivity contribution in [1.82, 2.24) is 10.3 Å². The van der Waals surface area contributed by atoms with Gasteiger partial charge in [-0.3, -0.25) is 4.98 Å². The minimum absolute atomic E-state index is 0.464. The third-order valence-electron chi connectivity index (χ3n) is 1.88. The van der Waals surface area contributed by atoms with E-state index in [1.165, 1.54) is 0 Å². The number of hydrogen-bond donors (Lipinski definition) is 1. The lowest BCUT2D eigenvalue weighted by Crippen LogP contribution is -2.22. The minimum Gasteiger partial charge on any atom is -0.487 e. The van der Waals surface area contributed by atoms with Gasteiger partial charge in [-0.1, -0.05) is 36.4 Å². The van der Waals surface area contributed by atoms with Crippen LogP contribution in [-0.4, -0.2) is 17.6 Å². The largest absolute Gasteiger partial charge is 0.487 e. The first-order valence-electron chi connectivity index (χ1n) is 5.22. The number of rotatable bonds is 6. The van der Waals surface area contributed by atoms with Crippen molar-refractivity contribution in [2.75, 3.05) is 6.61 Å². The molecular formula is C12H17BrN2O.